The number of anilines is 1. The molecule has 0 fully saturated rings. The van der Waals surface area contributed by atoms with Crippen LogP contribution in [0.1, 0.15) is 49.9 Å². The van der Waals surface area contributed by atoms with Crippen LogP contribution in [-0.2, 0) is 13.0 Å². The fourth-order valence-electron chi connectivity index (χ4n) is 3.14. The number of nitrogens with two attached hydrogens (primary N) is 1. The maximum atomic E-state index is 9.39. The number of rotatable bonds is 5. The van der Waals surface area contributed by atoms with Gasteiger partial charge in [0.2, 0.25) is 0 Å². The first kappa shape index (κ1) is 14.9. The van der Waals surface area contributed by atoms with Gasteiger partial charge in [-0.25, -0.2) is 0 Å². The van der Waals surface area contributed by atoms with Crippen molar-refractivity contribution in [3.63, 3.8) is 0 Å². The summed E-state index contributed by atoms with van der Waals surface area (Å²) in [5.74, 6) is 0.444. The van der Waals surface area contributed by atoms with Gasteiger partial charge in [0.05, 0.1) is 12.1 Å². The summed E-state index contributed by atoms with van der Waals surface area (Å²) in [7, 11) is 0. The predicted molar refractivity (Wildman–Crippen MR) is 86.3 cm³/mol. The van der Waals surface area contributed by atoms with Crippen LogP contribution < -0.4 is 5.73 Å². The molecule has 1 aromatic heterocycles. The second-order valence-corrected chi connectivity index (χ2v) is 5.81. The lowest BCUT2D eigenvalue weighted by Crippen LogP contribution is -2.06. The third-order valence-electron chi connectivity index (χ3n) is 4.10. The van der Waals surface area contributed by atoms with Crippen molar-refractivity contribution in [2.45, 2.75) is 53.0 Å². The van der Waals surface area contributed by atoms with E-state index in [0.717, 1.165) is 18.5 Å². The lowest BCUT2D eigenvalue weighted by molar-refractivity contribution is 0.277. The SMILES string of the molecule is CCCc1c(C)n(CCO)c2c(C(C)C)ccc(N)c12. The van der Waals surface area contributed by atoms with E-state index < -0.39 is 0 Å². The summed E-state index contributed by atoms with van der Waals surface area (Å²) in [4.78, 5) is 0. The van der Waals surface area contributed by atoms with Gasteiger partial charge in [-0.1, -0.05) is 33.3 Å². The molecule has 0 amide bonds. The van der Waals surface area contributed by atoms with Crippen LogP contribution in [0.15, 0.2) is 12.1 Å². The van der Waals surface area contributed by atoms with Crippen LogP contribution in [0.4, 0.5) is 5.69 Å². The second-order valence-electron chi connectivity index (χ2n) is 5.81. The van der Waals surface area contributed by atoms with E-state index in [9.17, 15) is 5.11 Å². The first-order valence-electron chi connectivity index (χ1n) is 7.53. The zero-order valence-corrected chi connectivity index (χ0v) is 13.0. The van der Waals surface area contributed by atoms with Gasteiger partial charge in [0.15, 0.2) is 0 Å². The maximum Gasteiger partial charge on any atom is 0.0610 e. The van der Waals surface area contributed by atoms with Crippen LogP contribution >= 0.6 is 0 Å². The fourth-order valence-corrected chi connectivity index (χ4v) is 3.14. The van der Waals surface area contributed by atoms with Crippen molar-refractivity contribution in [3.05, 3.63) is 29.0 Å². The van der Waals surface area contributed by atoms with E-state index >= 15 is 0 Å². The van der Waals surface area contributed by atoms with Gasteiger partial charge < -0.3 is 15.4 Å². The monoisotopic (exact) mass is 274 g/mol. The highest BCUT2D eigenvalue weighted by Gasteiger charge is 2.19. The Kier molecular flexibility index (Phi) is 4.39. The fraction of sp³-hybridized carbons (Fsp3) is 0.529. The molecule has 3 nitrogen and oxygen atoms in total. The summed E-state index contributed by atoms with van der Waals surface area (Å²) in [6.45, 7) is 9.53. The normalized spacial score (nSPS) is 11.7. The largest absolute Gasteiger partial charge is 0.398 e. The highest BCUT2D eigenvalue weighted by Crippen LogP contribution is 2.36. The summed E-state index contributed by atoms with van der Waals surface area (Å²) in [6.07, 6.45) is 2.14. The Labute approximate surface area is 121 Å². The van der Waals surface area contributed by atoms with E-state index in [1.165, 1.54) is 27.7 Å². The van der Waals surface area contributed by atoms with Crippen molar-refractivity contribution in [2.75, 3.05) is 12.3 Å². The highest BCUT2D eigenvalue weighted by atomic mass is 16.3. The maximum absolute atomic E-state index is 9.39. The van der Waals surface area contributed by atoms with Gasteiger partial charge in [-0.15, -0.1) is 0 Å². The number of aromatic nitrogens is 1. The molecule has 0 aliphatic heterocycles. The van der Waals surface area contributed by atoms with Crippen LogP contribution in [0, 0.1) is 6.92 Å². The van der Waals surface area contributed by atoms with E-state index in [1.54, 1.807) is 0 Å². The Bertz CT molecular complexity index is 611. The second kappa shape index (κ2) is 5.88. The summed E-state index contributed by atoms with van der Waals surface area (Å²) >= 11 is 0. The molecular formula is C17H26N2O. The molecule has 1 aromatic carbocycles. The van der Waals surface area contributed by atoms with Crippen molar-refractivity contribution >= 4 is 16.6 Å². The smallest absolute Gasteiger partial charge is 0.0610 e. The number of benzene rings is 1. The third-order valence-corrected chi connectivity index (χ3v) is 4.10. The van der Waals surface area contributed by atoms with Gasteiger partial charge in [0.25, 0.3) is 0 Å². The highest BCUT2D eigenvalue weighted by molar-refractivity contribution is 5.98. The van der Waals surface area contributed by atoms with Crippen molar-refractivity contribution < 1.29 is 5.11 Å². The molecular weight excluding hydrogens is 248 g/mol. The molecule has 110 valence electrons. The van der Waals surface area contributed by atoms with Crippen LogP contribution in [-0.4, -0.2) is 16.3 Å². The van der Waals surface area contributed by atoms with Gasteiger partial charge in [0.1, 0.15) is 0 Å². The number of hydrogen-bond donors (Lipinski definition) is 2. The van der Waals surface area contributed by atoms with Gasteiger partial charge >= 0.3 is 0 Å². The van der Waals surface area contributed by atoms with E-state index in [0.29, 0.717) is 12.5 Å². The van der Waals surface area contributed by atoms with Crippen LogP contribution in [0.25, 0.3) is 10.9 Å². The zero-order valence-electron chi connectivity index (χ0n) is 13.0. The molecule has 0 saturated heterocycles. The molecule has 1 heterocycles. The van der Waals surface area contributed by atoms with E-state index in [2.05, 4.69) is 38.3 Å². The zero-order chi connectivity index (χ0) is 14.9. The molecule has 0 saturated carbocycles. The summed E-state index contributed by atoms with van der Waals surface area (Å²) in [6, 6.07) is 4.16. The van der Waals surface area contributed by atoms with Crippen LogP contribution in [0.5, 0.6) is 0 Å². The lowest BCUT2D eigenvalue weighted by atomic mass is 9.97. The van der Waals surface area contributed by atoms with Crippen molar-refractivity contribution in [1.82, 2.24) is 4.57 Å². The van der Waals surface area contributed by atoms with Gasteiger partial charge in [-0.2, -0.15) is 0 Å². The molecule has 0 atom stereocenters. The topological polar surface area (TPSA) is 51.2 Å². The molecule has 20 heavy (non-hydrogen) atoms. The number of aliphatic hydroxyl groups excluding tert-OH is 1. The number of aryl methyl sites for hydroxylation is 1. The van der Waals surface area contributed by atoms with E-state index in [4.69, 9.17) is 5.73 Å². The van der Waals surface area contributed by atoms with E-state index in [-0.39, 0.29) is 6.61 Å². The first-order chi connectivity index (χ1) is 9.52. The van der Waals surface area contributed by atoms with Gasteiger partial charge in [-0.3, -0.25) is 0 Å². The summed E-state index contributed by atoms with van der Waals surface area (Å²) in [5.41, 5.74) is 12.2. The van der Waals surface area contributed by atoms with Crippen molar-refractivity contribution in [1.29, 1.82) is 0 Å². The average molecular weight is 274 g/mol. The minimum Gasteiger partial charge on any atom is -0.398 e. The standard InChI is InChI=1S/C17H26N2O/c1-5-6-14-12(4)19(9-10-20)17-13(11(2)3)7-8-15(18)16(14)17/h7-8,11,20H,5-6,9-10,18H2,1-4H3. The molecule has 2 aromatic rings. The quantitative estimate of drug-likeness (QED) is 0.818. The Morgan fingerprint density at radius 1 is 1.30 bits per heavy atom. The predicted octanol–water partition coefficient (Wildman–Crippen LogP) is 3.60. The molecule has 0 unspecified atom stereocenters. The number of fused-ring (bicyclic) bond motifs is 1. The molecule has 0 spiro atoms. The van der Waals surface area contributed by atoms with Crippen LogP contribution in [0.2, 0.25) is 0 Å². The molecule has 0 bridgehead atoms. The Hall–Kier alpha value is -1.48. The Balaban J connectivity index is 2.87. The summed E-state index contributed by atoms with van der Waals surface area (Å²) in [5, 5.41) is 10.6. The minimum absolute atomic E-state index is 0.155. The summed E-state index contributed by atoms with van der Waals surface area (Å²) < 4.78 is 2.24. The number of nitrogens with zero attached hydrogens (tertiary/aromatic N) is 1. The Morgan fingerprint density at radius 3 is 2.55 bits per heavy atom. The number of aliphatic hydroxyl groups is 1. The molecule has 2 rings (SSSR count). The first-order valence-corrected chi connectivity index (χ1v) is 7.53. The van der Waals surface area contributed by atoms with Gasteiger partial charge in [0, 0.05) is 23.3 Å². The lowest BCUT2D eigenvalue weighted by Gasteiger charge is -2.13. The molecule has 0 aliphatic rings. The van der Waals surface area contributed by atoms with Crippen LogP contribution in [0.3, 0.4) is 0 Å². The van der Waals surface area contributed by atoms with Crippen molar-refractivity contribution in [3.8, 4) is 0 Å². The Morgan fingerprint density at radius 2 is 2.00 bits per heavy atom. The third kappa shape index (κ3) is 2.31. The number of nitrogen functional groups attached to an aromatic ring is 1. The van der Waals surface area contributed by atoms with E-state index in [1.807, 2.05) is 6.07 Å². The molecule has 3 heteroatoms. The average Bonchev–Trinajstić information content (AvgIpc) is 2.66. The minimum atomic E-state index is 0.155. The van der Waals surface area contributed by atoms with Crippen molar-refractivity contribution in [2.24, 2.45) is 0 Å². The number of hydrogen-bond acceptors (Lipinski definition) is 2. The molecule has 3 N–H and O–H groups in total. The van der Waals surface area contributed by atoms with Gasteiger partial charge in [-0.05, 0) is 36.5 Å². The molecule has 0 radical (unpaired) electrons. The molecule has 0 aliphatic carbocycles.